The molecule has 0 bridgehead atoms. The van der Waals surface area contributed by atoms with E-state index in [1.807, 2.05) is 0 Å². The minimum Gasteiger partial charge on any atom is -0.302 e. The fraction of sp³-hybridized carbons (Fsp3) is 0. The summed E-state index contributed by atoms with van der Waals surface area (Å²) in [5.41, 5.74) is 0. The van der Waals surface area contributed by atoms with Crippen LogP contribution in [0.4, 0.5) is 0 Å². The Bertz CT molecular complexity index is 157. The molecule has 0 aromatic heterocycles. The largest absolute Gasteiger partial charge is 0.478 e. The van der Waals surface area contributed by atoms with Gasteiger partial charge in [0, 0.05) is 33.6 Å². The Morgan fingerprint density at radius 1 is 0.909 bits per heavy atom. The minimum atomic E-state index is -5.05. The van der Waals surface area contributed by atoms with Crippen LogP contribution in [0.15, 0.2) is 0 Å². The SMILES string of the molecule is O=P(O)(O)OP(=O)(O)O.[Mn].[Ni]. The molecule has 4 N–H and O–H groups in total. The topological polar surface area (TPSA) is 124 Å². The van der Waals surface area contributed by atoms with Gasteiger partial charge in [0.05, 0.1) is 0 Å². The van der Waals surface area contributed by atoms with Crippen molar-refractivity contribution in [2.45, 2.75) is 0 Å². The second kappa shape index (κ2) is 5.84. The van der Waals surface area contributed by atoms with Crippen molar-refractivity contribution in [1.82, 2.24) is 0 Å². The van der Waals surface area contributed by atoms with Gasteiger partial charge in [-0.05, 0) is 0 Å². The zero-order valence-corrected chi connectivity index (χ0v) is 8.56. The molecule has 0 unspecified atom stereocenters. The molecule has 0 rings (SSSR count). The van der Waals surface area contributed by atoms with E-state index in [0.717, 1.165) is 0 Å². The summed E-state index contributed by atoms with van der Waals surface area (Å²) in [6, 6.07) is 0. The molecule has 11 heteroatoms. The van der Waals surface area contributed by atoms with Crippen LogP contribution in [0.3, 0.4) is 0 Å². The molecule has 0 fully saturated rings. The third-order valence-electron chi connectivity index (χ3n) is 0.213. The average molecular weight is 292 g/mol. The van der Waals surface area contributed by atoms with E-state index >= 15 is 0 Å². The van der Waals surface area contributed by atoms with E-state index in [2.05, 4.69) is 4.31 Å². The van der Waals surface area contributed by atoms with Gasteiger partial charge in [-0.15, -0.1) is 0 Å². The van der Waals surface area contributed by atoms with E-state index in [0.29, 0.717) is 0 Å². The Morgan fingerprint density at radius 2 is 1.09 bits per heavy atom. The maximum atomic E-state index is 9.63. The fourth-order valence-electron chi connectivity index (χ4n) is 0.139. The van der Waals surface area contributed by atoms with Crippen molar-refractivity contribution >= 4 is 15.6 Å². The number of hydrogen-bond acceptors (Lipinski definition) is 3. The van der Waals surface area contributed by atoms with Crippen molar-refractivity contribution in [3.63, 3.8) is 0 Å². The first-order chi connectivity index (χ1) is 3.71. The van der Waals surface area contributed by atoms with Crippen molar-refractivity contribution in [2.75, 3.05) is 0 Å². The van der Waals surface area contributed by atoms with Crippen molar-refractivity contribution in [3.8, 4) is 0 Å². The summed E-state index contributed by atoms with van der Waals surface area (Å²) in [7, 11) is -10.1. The molecule has 1 radical (unpaired) electrons. The molecular weight excluding hydrogens is 288 g/mol. The molecule has 73 valence electrons. The summed E-state index contributed by atoms with van der Waals surface area (Å²) in [6.45, 7) is 0. The summed E-state index contributed by atoms with van der Waals surface area (Å²) in [4.78, 5) is 31.0. The zero-order chi connectivity index (χ0) is 7.71. The first-order valence-corrected chi connectivity index (χ1v) is 4.59. The van der Waals surface area contributed by atoms with Crippen LogP contribution in [0.2, 0.25) is 0 Å². The van der Waals surface area contributed by atoms with Gasteiger partial charge in [-0.25, -0.2) is 9.13 Å². The Hall–Kier alpha value is 1.27. The van der Waals surface area contributed by atoms with Crippen LogP contribution >= 0.6 is 15.6 Å². The predicted octanol–water partition coefficient (Wildman–Crippen LogP) is -0.817. The van der Waals surface area contributed by atoms with E-state index in [-0.39, 0.29) is 33.6 Å². The molecule has 0 saturated carbocycles. The molecular formula is H4MnNiO7P2. The minimum absolute atomic E-state index is 0. The van der Waals surface area contributed by atoms with Crippen molar-refractivity contribution in [3.05, 3.63) is 0 Å². The molecule has 0 aliphatic rings. The molecule has 0 spiro atoms. The maximum absolute atomic E-state index is 9.63. The summed E-state index contributed by atoms with van der Waals surface area (Å²) >= 11 is 0. The molecule has 0 saturated heterocycles. The van der Waals surface area contributed by atoms with Crippen LogP contribution in [0.5, 0.6) is 0 Å². The first kappa shape index (κ1) is 18.1. The van der Waals surface area contributed by atoms with Gasteiger partial charge < -0.3 is 19.6 Å². The normalized spacial score (nSPS) is 11.3. The fourth-order valence-corrected chi connectivity index (χ4v) is 1.25. The van der Waals surface area contributed by atoms with Gasteiger partial charge in [-0.2, -0.15) is 4.31 Å². The molecule has 0 aromatic carbocycles. The molecule has 0 amide bonds. The van der Waals surface area contributed by atoms with Crippen LogP contribution in [-0.2, 0) is 47.0 Å². The molecule has 0 aliphatic heterocycles. The quantitative estimate of drug-likeness (QED) is 0.387. The summed E-state index contributed by atoms with van der Waals surface area (Å²) < 4.78 is 22.2. The Kier molecular flexibility index (Phi) is 9.63. The average Bonchev–Trinajstić information content (AvgIpc) is 1.14. The van der Waals surface area contributed by atoms with Gasteiger partial charge in [0.25, 0.3) is 0 Å². The van der Waals surface area contributed by atoms with E-state index in [9.17, 15) is 9.13 Å². The number of hydrogen-bond donors (Lipinski definition) is 4. The summed E-state index contributed by atoms with van der Waals surface area (Å²) in [5.74, 6) is 0. The van der Waals surface area contributed by atoms with Crippen LogP contribution < -0.4 is 0 Å². The van der Waals surface area contributed by atoms with Gasteiger partial charge in [0.15, 0.2) is 0 Å². The monoisotopic (exact) mass is 291 g/mol. The van der Waals surface area contributed by atoms with Crippen molar-refractivity contribution in [1.29, 1.82) is 0 Å². The van der Waals surface area contributed by atoms with E-state index in [4.69, 9.17) is 19.6 Å². The number of phosphoric acid groups is 2. The van der Waals surface area contributed by atoms with Gasteiger partial charge >= 0.3 is 15.6 Å². The maximum Gasteiger partial charge on any atom is 0.478 e. The molecule has 0 aromatic rings. The molecule has 7 nitrogen and oxygen atoms in total. The van der Waals surface area contributed by atoms with E-state index in [1.54, 1.807) is 0 Å². The third kappa shape index (κ3) is 18.3. The van der Waals surface area contributed by atoms with E-state index in [1.165, 1.54) is 0 Å². The Balaban J connectivity index is -0.000000320. The predicted molar refractivity (Wildman–Crippen MR) is 25.2 cm³/mol. The smallest absolute Gasteiger partial charge is 0.302 e. The van der Waals surface area contributed by atoms with Gasteiger partial charge in [0.1, 0.15) is 0 Å². The van der Waals surface area contributed by atoms with Crippen molar-refractivity contribution < 1.29 is 66.6 Å². The molecule has 11 heavy (non-hydrogen) atoms. The van der Waals surface area contributed by atoms with Crippen LogP contribution in [0.25, 0.3) is 0 Å². The van der Waals surface area contributed by atoms with Crippen LogP contribution in [0, 0.1) is 0 Å². The summed E-state index contributed by atoms with van der Waals surface area (Å²) in [6.07, 6.45) is 0. The van der Waals surface area contributed by atoms with Crippen molar-refractivity contribution in [2.24, 2.45) is 0 Å². The standard InChI is InChI=1S/Mn.Ni.H4O7P2/c;;1-8(2,3)7-9(4,5)6/h;;(H2,1,2,3)(H2,4,5,6). The molecule has 0 atom stereocenters. The van der Waals surface area contributed by atoms with Crippen LogP contribution in [-0.4, -0.2) is 19.6 Å². The zero-order valence-electron chi connectivity index (χ0n) is 4.60. The Labute approximate surface area is 82.4 Å². The van der Waals surface area contributed by atoms with Gasteiger partial charge in [-0.3, -0.25) is 0 Å². The van der Waals surface area contributed by atoms with Gasteiger partial charge in [0.2, 0.25) is 0 Å². The van der Waals surface area contributed by atoms with E-state index < -0.39 is 15.6 Å². The molecule has 0 heterocycles. The Morgan fingerprint density at radius 3 is 1.09 bits per heavy atom. The third-order valence-corrected chi connectivity index (χ3v) is 1.91. The van der Waals surface area contributed by atoms with Gasteiger partial charge in [-0.1, -0.05) is 0 Å². The second-order valence-electron chi connectivity index (χ2n) is 1.06. The summed E-state index contributed by atoms with van der Waals surface area (Å²) in [5, 5.41) is 0. The molecule has 0 aliphatic carbocycles. The first-order valence-electron chi connectivity index (χ1n) is 1.53. The number of rotatable bonds is 2. The second-order valence-corrected chi connectivity index (χ2v) is 3.68. The van der Waals surface area contributed by atoms with Crippen LogP contribution in [0.1, 0.15) is 0 Å².